The van der Waals surface area contributed by atoms with Crippen molar-refractivity contribution >= 4 is 5.69 Å². The Bertz CT molecular complexity index is 266. The van der Waals surface area contributed by atoms with E-state index in [1.54, 1.807) is 6.20 Å². The monoisotopic (exact) mass is 177 g/mol. The van der Waals surface area contributed by atoms with Crippen molar-refractivity contribution in [3.63, 3.8) is 0 Å². The van der Waals surface area contributed by atoms with Crippen LogP contribution in [-0.4, -0.2) is 18.3 Å². The van der Waals surface area contributed by atoms with Crippen LogP contribution in [0.4, 0.5) is 5.69 Å². The van der Waals surface area contributed by atoms with Gasteiger partial charge in [-0.15, -0.1) is 0 Å². The summed E-state index contributed by atoms with van der Waals surface area (Å²) in [6, 6.07) is 8.13. The van der Waals surface area contributed by atoms with Crippen molar-refractivity contribution in [1.29, 1.82) is 0 Å². The summed E-state index contributed by atoms with van der Waals surface area (Å²) < 4.78 is 0. The maximum atomic E-state index is 8.79. The van der Waals surface area contributed by atoms with Crippen LogP contribution < -0.4 is 4.90 Å². The van der Waals surface area contributed by atoms with E-state index in [4.69, 9.17) is 5.11 Å². The van der Waals surface area contributed by atoms with Gasteiger partial charge in [-0.2, -0.15) is 0 Å². The number of nitrogens with zero attached hydrogens (tertiary/aromatic N) is 1. The standard InChI is InChI=1S/C11H15NO/c1-3-12(8-9-13)11-6-4-10(2)5-7-11/h3-7,13H,1,8-9H2,2H3. The zero-order valence-corrected chi connectivity index (χ0v) is 7.90. The molecule has 0 bridgehead atoms. The Labute approximate surface area is 79.1 Å². The largest absolute Gasteiger partial charge is 0.395 e. The number of aryl methyl sites for hydroxylation is 1. The third-order valence-corrected chi connectivity index (χ3v) is 1.93. The van der Waals surface area contributed by atoms with E-state index >= 15 is 0 Å². The van der Waals surface area contributed by atoms with Gasteiger partial charge in [-0.3, -0.25) is 0 Å². The number of hydrogen-bond donors (Lipinski definition) is 1. The lowest BCUT2D eigenvalue weighted by atomic mass is 10.2. The molecular weight excluding hydrogens is 162 g/mol. The highest BCUT2D eigenvalue weighted by atomic mass is 16.3. The molecule has 0 amide bonds. The molecule has 13 heavy (non-hydrogen) atoms. The lowest BCUT2D eigenvalue weighted by Gasteiger charge is -2.18. The molecule has 0 atom stereocenters. The predicted molar refractivity (Wildman–Crippen MR) is 55.8 cm³/mol. The maximum absolute atomic E-state index is 8.79. The van der Waals surface area contributed by atoms with Gasteiger partial charge in [-0.25, -0.2) is 0 Å². The minimum atomic E-state index is 0.139. The fraction of sp³-hybridized carbons (Fsp3) is 0.273. The van der Waals surface area contributed by atoms with Gasteiger partial charge < -0.3 is 10.0 Å². The van der Waals surface area contributed by atoms with Crippen LogP contribution in [0.1, 0.15) is 5.56 Å². The van der Waals surface area contributed by atoms with Gasteiger partial charge in [-0.05, 0) is 25.3 Å². The van der Waals surface area contributed by atoms with E-state index in [-0.39, 0.29) is 6.61 Å². The highest BCUT2D eigenvalue weighted by Gasteiger charge is 1.99. The summed E-state index contributed by atoms with van der Waals surface area (Å²) in [6.45, 7) is 6.47. The van der Waals surface area contributed by atoms with Gasteiger partial charge in [0.2, 0.25) is 0 Å². The summed E-state index contributed by atoms with van der Waals surface area (Å²) in [5.74, 6) is 0. The number of aliphatic hydroxyl groups excluding tert-OH is 1. The van der Waals surface area contributed by atoms with Crippen molar-refractivity contribution in [1.82, 2.24) is 0 Å². The summed E-state index contributed by atoms with van der Waals surface area (Å²) in [7, 11) is 0. The molecule has 0 unspecified atom stereocenters. The minimum Gasteiger partial charge on any atom is -0.395 e. The summed E-state index contributed by atoms with van der Waals surface area (Å²) in [4.78, 5) is 1.92. The molecule has 0 fully saturated rings. The Kier molecular flexibility index (Phi) is 3.53. The molecule has 2 nitrogen and oxygen atoms in total. The molecule has 0 aromatic heterocycles. The van der Waals surface area contributed by atoms with Crippen LogP contribution in [0, 0.1) is 6.92 Å². The van der Waals surface area contributed by atoms with E-state index in [0.29, 0.717) is 6.54 Å². The molecule has 0 aliphatic carbocycles. The highest BCUT2D eigenvalue weighted by Crippen LogP contribution is 2.14. The van der Waals surface area contributed by atoms with Gasteiger partial charge >= 0.3 is 0 Å². The van der Waals surface area contributed by atoms with Crippen LogP contribution in [0.2, 0.25) is 0 Å². The third-order valence-electron chi connectivity index (χ3n) is 1.93. The number of hydrogen-bond acceptors (Lipinski definition) is 2. The van der Waals surface area contributed by atoms with Crippen LogP contribution in [0.5, 0.6) is 0 Å². The normalized spacial score (nSPS) is 9.69. The summed E-state index contributed by atoms with van der Waals surface area (Å²) in [5, 5.41) is 8.79. The summed E-state index contributed by atoms with van der Waals surface area (Å²) in [5.41, 5.74) is 2.30. The molecular formula is C11H15NO. The molecule has 70 valence electrons. The summed E-state index contributed by atoms with van der Waals surface area (Å²) in [6.07, 6.45) is 1.72. The van der Waals surface area contributed by atoms with Gasteiger partial charge in [-0.1, -0.05) is 24.3 Å². The van der Waals surface area contributed by atoms with Gasteiger partial charge in [0, 0.05) is 12.2 Å². The number of rotatable bonds is 4. The molecule has 0 saturated heterocycles. The van der Waals surface area contributed by atoms with E-state index in [0.717, 1.165) is 5.69 Å². The zero-order chi connectivity index (χ0) is 9.68. The molecule has 0 saturated carbocycles. The van der Waals surface area contributed by atoms with Crippen molar-refractivity contribution in [2.45, 2.75) is 6.92 Å². The first-order valence-electron chi connectivity index (χ1n) is 4.34. The third kappa shape index (κ3) is 2.60. The first kappa shape index (κ1) is 9.81. The molecule has 2 heteroatoms. The summed E-state index contributed by atoms with van der Waals surface area (Å²) >= 11 is 0. The molecule has 1 rings (SSSR count). The van der Waals surface area contributed by atoms with Crippen molar-refractivity contribution in [2.24, 2.45) is 0 Å². The quantitative estimate of drug-likeness (QED) is 0.759. The van der Waals surface area contributed by atoms with Crippen LogP contribution in [0.25, 0.3) is 0 Å². The molecule has 1 N–H and O–H groups in total. The maximum Gasteiger partial charge on any atom is 0.0610 e. The van der Waals surface area contributed by atoms with Crippen LogP contribution in [-0.2, 0) is 0 Å². The number of benzene rings is 1. The second-order valence-corrected chi connectivity index (χ2v) is 2.94. The topological polar surface area (TPSA) is 23.5 Å². The number of anilines is 1. The average Bonchev–Trinajstić information content (AvgIpc) is 2.16. The second kappa shape index (κ2) is 4.67. The lowest BCUT2D eigenvalue weighted by Crippen LogP contribution is -2.19. The molecule has 0 aliphatic rings. The van der Waals surface area contributed by atoms with Crippen molar-refractivity contribution < 1.29 is 5.11 Å². The number of aliphatic hydroxyl groups is 1. The van der Waals surface area contributed by atoms with Crippen molar-refractivity contribution in [3.8, 4) is 0 Å². The Balaban J connectivity index is 2.79. The second-order valence-electron chi connectivity index (χ2n) is 2.94. The Morgan fingerprint density at radius 3 is 2.46 bits per heavy atom. The zero-order valence-electron chi connectivity index (χ0n) is 7.90. The van der Waals surface area contributed by atoms with Gasteiger partial charge in [0.05, 0.1) is 6.61 Å². The van der Waals surface area contributed by atoms with Crippen molar-refractivity contribution in [2.75, 3.05) is 18.1 Å². The molecule has 0 aliphatic heterocycles. The molecule has 1 aromatic carbocycles. The lowest BCUT2D eigenvalue weighted by molar-refractivity contribution is 0.305. The molecule has 0 radical (unpaired) electrons. The van der Waals surface area contributed by atoms with E-state index in [1.165, 1.54) is 5.56 Å². The van der Waals surface area contributed by atoms with Gasteiger partial charge in [0.25, 0.3) is 0 Å². The molecule has 0 spiro atoms. The highest BCUT2D eigenvalue weighted by molar-refractivity contribution is 5.49. The molecule has 1 aromatic rings. The van der Waals surface area contributed by atoms with Crippen LogP contribution in [0.15, 0.2) is 37.0 Å². The van der Waals surface area contributed by atoms with E-state index in [1.807, 2.05) is 36.1 Å². The van der Waals surface area contributed by atoms with E-state index in [9.17, 15) is 0 Å². The Morgan fingerprint density at radius 2 is 2.00 bits per heavy atom. The SMILES string of the molecule is C=CN(CCO)c1ccc(C)cc1. The average molecular weight is 177 g/mol. The Hall–Kier alpha value is -1.28. The minimum absolute atomic E-state index is 0.139. The first-order valence-corrected chi connectivity index (χ1v) is 4.34. The van der Waals surface area contributed by atoms with E-state index in [2.05, 4.69) is 6.58 Å². The fourth-order valence-electron chi connectivity index (χ4n) is 1.17. The molecule has 0 heterocycles. The van der Waals surface area contributed by atoms with Crippen LogP contribution >= 0.6 is 0 Å². The Morgan fingerprint density at radius 1 is 1.38 bits per heavy atom. The van der Waals surface area contributed by atoms with Gasteiger partial charge in [0.1, 0.15) is 0 Å². The first-order chi connectivity index (χ1) is 6.27. The van der Waals surface area contributed by atoms with Crippen LogP contribution in [0.3, 0.4) is 0 Å². The smallest absolute Gasteiger partial charge is 0.0610 e. The van der Waals surface area contributed by atoms with E-state index < -0.39 is 0 Å². The van der Waals surface area contributed by atoms with Gasteiger partial charge in [0.15, 0.2) is 0 Å². The van der Waals surface area contributed by atoms with Crippen molar-refractivity contribution in [3.05, 3.63) is 42.6 Å². The predicted octanol–water partition coefficient (Wildman–Crippen LogP) is 1.94. The fourth-order valence-corrected chi connectivity index (χ4v) is 1.17.